The van der Waals surface area contributed by atoms with Crippen LogP contribution in [0.25, 0.3) is 11.5 Å². The number of carbonyl (C=O) groups is 1. The lowest BCUT2D eigenvalue weighted by Gasteiger charge is -2.39. The molecule has 0 saturated carbocycles. The number of benzene rings is 2. The Morgan fingerprint density at radius 1 is 1.11 bits per heavy atom. The molecule has 1 atom stereocenters. The number of hydrogen-bond donors (Lipinski definition) is 1. The second kappa shape index (κ2) is 7.23. The molecule has 1 aliphatic heterocycles. The summed E-state index contributed by atoms with van der Waals surface area (Å²) >= 11 is 0. The maximum absolute atomic E-state index is 12.2. The quantitative estimate of drug-likeness (QED) is 0.745. The van der Waals surface area contributed by atoms with Crippen molar-refractivity contribution in [1.82, 2.24) is 10.1 Å². The zero-order chi connectivity index (χ0) is 18.7. The van der Waals surface area contributed by atoms with E-state index in [1.165, 1.54) is 0 Å². The number of nitrogens with zero attached hydrogens (tertiary/aromatic N) is 3. The molecule has 2 heterocycles. The monoisotopic (exact) mass is 363 g/mol. The van der Waals surface area contributed by atoms with Gasteiger partial charge in [-0.1, -0.05) is 48.5 Å². The molecule has 1 aromatic heterocycles. The minimum Gasteiger partial charge on any atom is -0.481 e. The van der Waals surface area contributed by atoms with Gasteiger partial charge in [-0.15, -0.1) is 0 Å². The Labute approximate surface area is 157 Å². The van der Waals surface area contributed by atoms with Crippen LogP contribution in [0, 0.1) is 5.41 Å². The SMILES string of the molecule is O=C(O)[C@]1(Cc2ccccc2)CCCN(c2noc(-c3ccccc3)n2)C1. The predicted molar refractivity (Wildman–Crippen MR) is 101 cm³/mol. The van der Waals surface area contributed by atoms with E-state index in [1.807, 2.05) is 65.6 Å². The van der Waals surface area contributed by atoms with Crippen LogP contribution in [0.15, 0.2) is 65.2 Å². The Morgan fingerprint density at radius 3 is 2.52 bits per heavy atom. The van der Waals surface area contributed by atoms with E-state index >= 15 is 0 Å². The lowest BCUT2D eigenvalue weighted by molar-refractivity contribution is -0.149. The summed E-state index contributed by atoms with van der Waals surface area (Å²) in [7, 11) is 0. The van der Waals surface area contributed by atoms with Crippen LogP contribution in [0.5, 0.6) is 0 Å². The summed E-state index contributed by atoms with van der Waals surface area (Å²) in [6.07, 6.45) is 1.90. The molecular formula is C21H21N3O3. The Hall–Kier alpha value is -3.15. The minimum absolute atomic E-state index is 0.366. The highest BCUT2D eigenvalue weighted by molar-refractivity contribution is 5.76. The van der Waals surface area contributed by atoms with Crippen molar-refractivity contribution in [2.24, 2.45) is 5.41 Å². The Kier molecular flexibility index (Phi) is 4.62. The molecule has 1 fully saturated rings. The van der Waals surface area contributed by atoms with Crippen LogP contribution >= 0.6 is 0 Å². The molecular weight excluding hydrogens is 342 g/mol. The molecule has 0 bridgehead atoms. The van der Waals surface area contributed by atoms with Gasteiger partial charge in [0.05, 0.1) is 5.41 Å². The lowest BCUT2D eigenvalue weighted by atomic mass is 9.75. The second-order valence-corrected chi connectivity index (χ2v) is 7.04. The molecule has 6 nitrogen and oxygen atoms in total. The normalized spacial score (nSPS) is 19.8. The maximum Gasteiger partial charge on any atom is 0.311 e. The van der Waals surface area contributed by atoms with Crippen LogP contribution in [0.1, 0.15) is 18.4 Å². The molecule has 3 aromatic rings. The van der Waals surface area contributed by atoms with Gasteiger partial charge >= 0.3 is 5.97 Å². The molecule has 1 N–H and O–H groups in total. The molecule has 1 saturated heterocycles. The topological polar surface area (TPSA) is 79.5 Å². The Bertz CT molecular complexity index is 911. The van der Waals surface area contributed by atoms with E-state index in [1.54, 1.807) is 0 Å². The third-order valence-corrected chi connectivity index (χ3v) is 5.13. The average molecular weight is 363 g/mol. The van der Waals surface area contributed by atoms with Gasteiger partial charge in [-0.3, -0.25) is 4.79 Å². The van der Waals surface area contributed by atoms with E-state index in [4.69, 9.17) is 4.52 Å². The van der Waals surface area contributed by atoms with E-state index in [9.17, 15) is 9.90 Å². The number of aliphatic carboxylic acids is 1. The van der Waals surface area contributed by atoms with Crippen molar-refractivity contribution in [3.05, 3.63) is 66.2 Å². The fraction of sp³-hybridized carbons (Fsp3) is 0.286. The fourth-order valence-corrected chi connectivity index (χ4v) is 3.73. The van der Waals surface area contributed by atoms with E-state index in [2.05, 4.69) is 10.1 Å². The van der Waals surface area contributed by atoms with Gasteiger partial charge in [0, 0.05) is 18.7 Å². The van der Waals surface area contributed by atoms with E-state index in [0.29, 0.717) is 31.2 Å². The van der Waals surface area contributed by atoms with Gasteiger partial charge < -0.3 is 14.5 Å². The standard InChI is InChI=1S/C21H21N3O3/c25-19(26)21(14-16-8-3-1-4-9-16)12-7-13-24(15-21)20-22-18(27-23-20)17-10-5-2-6-11-17/h1-6,8-11H,7,12-15H2,(H,25,26)/t21-/m0/s1. The first-order valence-corrected chi connectivity index (χ1v) is 9.08. The molecule has 2 aromatic carbocycles. The minimum atomic E-state index is -0.854. The van der Waals surface area contributed by atoms with Crippen LogP contribution in [-0.2, 0) is 11.2 Å². The van der Waals surface area contributed by atoms with Crippen LogP contribution < -0.4 is 4.90 Å². The van der Waals surface area contributed by atoms with Crippen molar-refractivity contribution in [2.75, 3.05) is 18.0 Å². The molecule has 0 radical (unpaired) electrons. The lowest BCUT2D eigenvalue weighted by Crippen LogP contribution is -2.49. The zero-order valence-corrected chi connectivity index (χ0v) is 14.9. The molecule has 4 rings (SSSR count). The van der Waals surface area contributed by atoms with Crippen LogP contribution in [0.2, 0.25) is 0 Å². The molecule has 1 aliphatic rings. The van der Waals surface area contributed by atoms with Crippen molar-refractivity contribution < 1.29 is 14.4 Å². The first-order valence-electron chi connectivity index (χ1n) is 9.08. The summed E-state index contributed by atoms with van der Waals surface area (Å²) in [5, 5.41) is 14.1. The zero-order valence-electron chi connectivity index (χ0n) is 14.9. The summed E-state index contributed by atoms with van der Waals surface area (Å²) in [5.41, 5.74) is 1.02. The number of anilines is 1. The average Bonchev–Trinajstić information content (AvgIpc) is 3.20. The van der Waals surface area contributed by atoms with E-state index in [0.717, 1.165) is 24.1 Å². The highest BCUT2D eigenvalue weighted by atomic mass is 16.5. The van der Waals surface area contributed by atoms with Crippen LogP contribution in [0.4, 0.5) is 5.95 Å². The van der Waals surface area contributed by atoms with Gasteiger partial charge in [0.15, 0.2) is 0 Å². The second-order valence-electron chi connectivity index (χ2n) is 7.04. The first-order chi connectivity index (χ1) is 13.2. The first kappa shape index (κ1) is 17.3. The van der Waals surface area contributed by atoms with Gasteiger partial charge in [-0.2, -0.15) is 4.98 Å². The molecule has 138 valence electrons. The van der Waals surface area contributed by atoms with Gasteiger partial charge in [0.1, 0.15) is 0 Å². The molecule has 0 spiro atoms. The third-order valence-electron chi connectivity index (χ3n) is 5.13. The number of carboxylic acids is 1. The largest absolute Gasteiger partial charge is 0.481 e. The highest BCUT2D eigenvalue weighted by Crippen LogP contribution is 2.36. The number of aromatic nitrogens is 2. The van der Waals surface area contributed by atoms with E-state index < -0.39 is 11.4 Å². The fourth-order valence-electron chi connectivity index (χ4n) is 3.73. The summed E-state index contributed by atoms with van der Waals surface area (Å²) in [6, 6.07) is 19.3. The maximum atomic E-state index is 12.2. The number of hydrogen-bond acceptors (Lipinski definition) is 5. The number of carboxylic acid groups (broad SMARTS) is 1. The summed E-state index contributed by atoms with van der Waals surface area (Å²) in [4.78, 5) is 18.6. The third kappa shape index (κ3) is 3.56. The van der Waals surface area contributed by atoms with Gasteiger partial charge in [-0.25, -0.2) is 0 Å². The van der Waals surface area contributed by atoms with E-state index in [-0.39, 0.29) is 0 Å². The molecule has 27 heavy (non-hydrogen) atoms. The summed E-state index contributed by atoms with van der Waals surface area (Å²) < 4.78 is 5.40. The Morgan fingerprint density at radius 2 is 1.81 bits per heavy atom. The van der Waals surface area contributed by atoms with Crippen LogP contribution in [-0.4, -0.2) is 34.3 Å². The van der Waals surface area contributed by atoms with Crippen molar-refractivity contribution >= 4 is 11.9 Å². The van der Waals surface area contributed by atoms with Crippen molar-refractivity contribution in [3.8, 4) is 11.5 Å². The van der Waals surface area contributed by atoms with Crippen LogP contribution in [0.3, 0.4) is 0 Å². The van der Waals surface area contributed by atoms with Crippen molar-refractivity contribution in [1.29, 1.82) is 0 Å². The number of rotatable bonds is 5. The van der Waals surface area contributed by atoms with Crippen molar-refractivity contribution in [3.63, 3.8) is 0 Å². The number of piperidine rings is 1. The highest BCUT2D eigenvalue weighted by Gasteiger charge is 2.43. The summed E-state index contributed by atoms with van der Waals surface area (Å²) in [5.74, 6) is 0.121. The van der Waals surface area contributed by atoms with Gasteiger partial charge in [0.25, 0.3) is 11.8 Å². The molecule has 0 unspecified atom stereocenters. The molecule has 0 aliphatic carbocycles. The molecule has 6 heteroatoms. The molecule has 0 amide bonds. The van der Waals surface area contributed by atoms with Crippen molar-refractivity contribution in [2.45, 2.75) is 19.3 Å². The Balaban J connectivity index is 1.58. The smallest absolute Gasteiger partial charge is 0.311 e. The predicted octanol–water partition coefficient (Wildman–Crippen LogP) is 3.65. The van der Waals surface area contributed by atoms with Gasteiger partial charge in [0.2, 0.25) is 0 Å². The van der Waals surface area contributed by atoms with Gasteiger partial charge in [-0.05, 0) is 42.1 Å². The summed E-state index contributed by atoms with van der Waals surface area (Å²) in [6.45, 7) is 1.09.